The standard InChI is InChI=1S/C7H13N.ClH/c1-3-5-6-7(8)4-2;/h7H,3-4,8H2,1-2H3;1H. The Labute approximate surface area is 63.4 Å². The summed E-state index contributed by atoms with van der Waals surface area (Å²) in [6.45, 7) is 4.06. The van der Waals surface area contributed by atoms with Crippen molar-refractivity contribution in [2.45, 2.75) is 32.7 Å². The molecule has 1 atom stereocenters. The highest BCUT2D eigenvalue weighted by Gasteiger charge is 1.86. The van der Waals surface area contributed by atoms with Crippen LogP contribution in [0.2, 0.25) is 0 Å². The minimum atomic E-state index is 0. The molecule has 1 nitrogen and oxygen atoms in total. The van der Waals surface area contributed by atoms with E-state index in [0.717, 1.165) is 12.8 Å². The Hall–Kier alpha value is -0.190. The highest BCUT2D eigenvalue weighted by molar-refractivity contribution is 5.85. The van der Waals surface area contributed by atoms with E-state index in [1.165, 1.54) is 0 Å². The molecule has 0 aliphatic heterocycles. The molecule has 0 aliphatic rings. The SMILES string of the molecule is CCC#CC(N)CC.Cl. The maximum atomic E-state index is 5.49. The Balaban J connectivity index is 0. The van der Waals surface area contributed by atoms with Gasteiger partial charge in [-0.2, -0.15) is 0 Å². The number of nitrogens with two attached hydrogens (primary N) is 1. The van der Waals surface area contributed by atoms with E-state index in [1.807, 2.05) is 13.8 Å². The summed E-state index contributed by atoms with van der Waals surface area (Å²) >= 11 is 0. The third-order valence-electron chi connectivity index (χ3n) is 0.904. The molecule has 9 heavy (non-hydrogen) atoms. The van der Waals surface area contributed by atoms with Crippen molar-refractivity contribution in [3.05, 3.63) is 0 Å². The van der Waals surface area contributed by atoms with E-state index in [9.17, 15) is 0 Å². The van der Waals surface area contributed by atoms with Gasteiger partial charge in [0.05, 0.1) is 6.04 Å². The highest BCUT2D eigenvalue weighted by atomic mass is 35.5. The molecule has 0 saturated heterocycles. The van der Waals surface area contributed by atoms with Crippen LogP contribution in [-0.2, 0) is 0 Å². The molecule has 0 saturated carbocycles. The van der Waals surface area contributed by atoms with E-state index in [2.05, 4.69) is 11.8 Å². The van der Waals surface area contributed by atoms with Crippen LogP contribution in [0.25, 0.3) is 0 Å². The van der Waals surface area contributed by atoms with Gasteiger partial charge in [0.25, 0.3) is 0 Å². The topological polar surface area (TPSA) is 26.0 Å². The van der Waals surface area contributed by atoms with Crippen molar-refractivity contribution in [2.75, 3.05) is 0 Å². The molecule has 2 heteroatoms. The molecule has 0 bridgehead atoms. The number of rotatable bonds is 1. The second-order valence-electron chi connectivity index (χ2n) is 1.69. The normalized spacial score (nSPS) is 10.6. The zero-order valence-corrected chi connectivity index (χ0v) is 6.79. The van der Waals surface area contributed by atoms with Gasteiger partial charge in [0.15, 0.2) is 0 Å². The van der Waals surface area contributed by atoms with Gasteiger partial charge in [-0.25, -0.2) is 0 Å². The summed E-state index contributed by atoms with van der Waals surface area (Å²) in [4.78, 5) is 0. The van der Waals surface area contributed by atoms with E-state index in [0.29, 0.717) is 0 Å². The van der Waals surface area contributed by atoms with Gasteiger partial charge in [0.1, 0.15) is 0 Å². The molecule has 0 amide bonds. The van der Waals surface area contributed by atoms with Crippen molar-refractivity contribution < 1.29 is 0 Å². The highest BCUT2D eigenvalue weighted by Crippen LogP contribution is 1.81. The summed E-state index contributed by atoms with van der Waals surface area (Å²) < 4.78 is 0. The van der Waals surface area contributed by atoms with Crippen LogP contribution in [0.4, 0.5) is 0 Å². The first-order valence-electron chi connectivity index (χ1n) is 3.05. The largest absolute Gasteiger partial charge is 0.318 e. The van der Waals surface area contributed by atoms with E-state index < -0.39 is 0 Å². The van der Waals surface area contributed by atoms with Crippen LogP contribution in [0.15, 0.2) is 0 Å². The smallest absolute Gasteiger partial charge is 0.0661 e. The Bertz CT molecular complexity index is 101. The van der Waals surface area contributed by atoms with Crippen LogP contribution >= 0.6 is 12.4 Å². The van der Waals surface area contributed by atoms with Crippen molar-refractivity contribution >= 4 is 12.4 Å². The zero-order chi connectivity index (χ0) is 6.41. The lowest BCUT2D eigenvalue weighted by Crippen LogP contribution is -2.15. The molecular formula is C7H14ClN. The summed E-state index contributed by atoms with van der Waals surface area (Å²) in [5, 5.41) is 0. The van der Waals surface area contributed by atoms with Crippen molar-refractivity contribution in [1.82, 2.24) is 0 Å². The molecule has 0 aromatic heterocycles. The van der Waals surface area contributed by atoms with Gasteiger partial charge in [-0.3, -0.25) is 0 Å². The molecule has 0 fully saturated rings. The molecule has 1 unspecified atom stereocenters. The maximum absolute atomic E-state index is 5.49. The van der Waals surface area contributed by atoms with Crippen LogP contribution in [0.1, 0.15) is 26.7 Å². The zero-order valence-electron chi connectivity index (χ0n) is 5.98. The van der Waals surface area contributed by atoms with Gasteiger partial charge < -0.3 is 5.73 Å². The average Bonchev–Trinajstić information content (AvgIpc) is 1.83. The first-order chi connectivity index (χ1) is 3.81. The van der Waals surface area contributed by atoms with E-state index >= 15 is 0 Å². The number of hydrogen-bond acceptors (Lipinski definition) is 1. The summed E-state index contributed by atoms with van der Waals surface area (Å²) in [7, 11) is 0. The average molecular weight is 148 g/mol. The van der Waals surface area contributed by atoms with Gasteiger partial charge in [-0.05, 0) is 6.42 Å². The van der Waals surface area contributed by atoms with E-state index in [1.54, 1.807) is 0 Å². The summed E-state index contributed by atoms with van der Waals surface area (Å²) in [5.74, 6) is 5.83. The van der Waals surface area contributed by atoms with Crippen molar-refractivity contribution in [2.24, 2.45) is 5.73 Å². The fourth-order valence-corrected chi connectivity index (χ4v) is 0.335. The Kier molecular flexibility index (Phi) is 10.1. The molecule has 0 heterocycles. The quantitative estimate of drug-likeness (QED) is 0.560. The predicted octanol–water partition coefficient (Wildman–Crippen LogP) is 1.56. The molecular weight excluding hydrogens is 134 g/mol. The van der Waals surface area contributed by atoms with Crippen LogP contribution in [-0.4, -0.2) is 6.04 Å². The summed E-state index contributed by atoms with van der Waals surface area (Å²) in [6.07, 6.45) is 1.86. The van der Waals surface area contributed by atoms with E-state index in [-0.39, 0.29) is 18.4 Å². The number of hydrogen-bond donors (Lipinski definition) is 1. The Morgan fingerprint density at radius 1 is 1.44 bits per heavy atom. The molecule has 0 spiro atoms. The van der Waals surface area contributed by atoms with Crippen LogP contribution in [0, 0.1) is 11.8 Å². The first kappa shape index (κ1) is 11.6. The minimum absolute atomic E-state index is 0. The molecule has 54 valence electrons. The fraction of sp³-hybridized carbons (Fsp3) is 0.714. The summed E-state index contributed by atoms with van der Waals surface area (Å²) in [5.41, 5.74) is 5.49. The third-order valence-corrected chi connectivity index (χ3v) is 0.904. The van der Waals surface area contributed by atoms with Crippen molar-refractivity contribution in [3.63, 3.8) is 0 Å². The lowest BCUT2D eigenvalue weighted by atomic mass is 10.2. The molecule has 0 radical (unpaired) electrons. The predicted molar refractivity (Wildman–Crippen MR) is 43.6 cm³/mol. The number of halogens is 1. The van der Waals surface area contributed by atoms with Gasteiger partial charge in [0.2, 0.25) is 0 Å². The van der Waals surface area contributed by atoms with Gasteiger partial charge in [-0.15, -0.1) is 18.3 Å². The van der Waals surface area contributed by atoms with Crippen molar-refractivity contribution in [3.8, 4) is 11.8 Å². The maximum Gasteiger partial charge on any atom is 0.0661 e. The minimum Gasteiger partial charge on any atom is -0.318 e. The van der Waals surface area contributed by atoms with Gasteiger partial charge in [0, 0.05) is 6.42 Å². The van der Waals surface area contributed by atoms with Crippen LogP contribution < -0.4 is 5.73 Å². The molecule has 0 rings (SSSR count). The Morgan fingerprint density at radius 2 is 2.00 bits per heavy atom. The second-order valence-corrected chi connectivity index (χ2v) is 1.69. The fourth-order valence-electron chi connectivity index (χ4n) is 0.335. The first-order valence-corrected chi connectivity index (χ1v) is 3.05. The summed E-state index contributed by atoms with van der Waals surface area (Å²) in [6, 6.07) is 0.0925. The van der Waals surface area contributed by atoms with Crippen LogP contribution in [0.3, 0.4) is 0 Å². The molecule has 2 N–H and O–H groups in total. The molecule has 0 aromatic carbocycles. The third kappa shape index (κ3) is 7.81. The molecule has 0 aliphatic carbocycles. The van der Waals surface area contributed by atoms with Gasteiger partial charge >= 0.3 is 0 Å². The van der Waals surface area contributed by atoms with Gasteiger partial charge in [-0.1, -0.05) is 19.8 Å². The lowest BCUT2D eigenvalue weighted by molar-refractivity contribution is 0.805. The van der Waals surface area contributed by atoms with Crippen molar-refractivity contribution in [1.29, 1.82) is 0 Å². The lowest BCUT2D eigenvalue weighted by Gasteiger charge is -1.93. The Morgan fingerprint density at radius 3 is 2.33 bits per heavy atom. The van der Waals surface area contributed by atoms with Crippen LogP contribution in [0.5, 0.6) is 0 Å². The molecule has 0 aromatic rings. The van der Waals surface area contributed by atoms with E-state index in [4.69, 9.17) is 5.73 Å². The second kappa shape index (κ2) is 7.81. The monoisotopic (exact) mass is 147 g/mol.